The molecule has 1 aromatic rings. The van der Waals surface area contributed by atoms with Crippen molar-refractivity contribution in [2.75, 3.05) is 11.9 Å². The molecule has 1 amide bonds. The Labute approximate surface area is 114 Å². The largest absolute Gasteiger partial charge is 0.375 e. The van der Waals surface area contributed by atoms with Crippen LogP contribution in [0.1, 0.15) is 25.7 Å². The predicted molar refractivity (Wildman–Crippen MR) is 73.0 cm³/mol. The Hall–Kier alpha value is -1.10. The monoisotopic (exact) mass is 314 g/mol. The van der Waals surface area contributed by atoms with Gasteiger partial charge in [0.1, 0.15) is 5.82 Å². The van der Waals surface area contributed by atoms with E-state index in [0.29, 0.717) is 11.7 Å². The summed E-state index contributed by atoms with van der Waals surface area (Å²) in [6, 6.07) is 4.67. The summed E-state index contributed by atoms with van der Waals surface area (Å²) >= 11 is 3.31. The number of carbonyl (C=O) groups excluding carboxylic acids is 1. The molecule has 1 aromatic carbocycles. The molecule has 0 aliphatic heterocycles. The van der Waals surface area contributed by atoms with Crippen LogP contribution in [0.15, 0.2) is 22.7 Å². The fraction of sp³-hybridized carbons (Fsp3) is 0.462. The SMILES string of the molecule is O=C(CNc1cc(F)ccc1Br)NC1CCCC1. The summed E-state index contributed by atoms with van der Waals surface area (Å²) in [5.41, 5.74) is 0.594. The number of hydrogen-bond donors (Lipinski definition) is 2. The molecule has 0 saturated heterocycles. The molecule has 0 heterocycles. The molecule has 1 fully saturated rings. The van der Waals surface area contributed by atoms with Crippen LogP contribution in [0, 0.1) is 5.82 Å². The third kappa shape index (κ3) is 3.70. The van der Waals surface area contributed by atoms with Gasteiger partial charge >= 0.3 is 0 Å². The maximum Gasteiger partial charge on any atom is 0.239 e. The highest BCUT2D eigenvalue weighted by Gasteiger charge is 2.16. The summed E-state index contributed by atoms with van der Waals surface area (Å²) in [6.07, 6.45) is 4.51. The number of carbonyl (C=O) groups is 1. The second-order valence-corrected chi connectivity index (χ2v) is 5.38. The van der Waals surface area contributed by atoms with Crippen LogP contribution in [0.2, 0.25) is 0 Å². The number of nitrogens with one attached hydrogen (secondary N) is 2. The van der Waals surface area contributed by atoms with Gasteiger partial charge in [0.2, 0.25) is 5.91 Å². The average Bonchev–Trinajstić information content (AvgIpc) is 2.83. The first-order valence-corrected chi connectivity index (χ1v) is 6.93. The van der Waals surface area contributed by atoms with Crippen molar-refractivity contribution in [3.05, 3.63) is 28.5 Å². The lowest BCUT2D eigenvalue weighted by Gasteiger charge is -2.13. The summed E-state index contributed by atoms with van der Waals surface area (Å²) in [4.78, 5) is 11.7. The van der Waals surface area contributed by atoms with Crippen molar-refractivity contribution in [1.29, 1.82) is 0 Å². The molecule has 3 nitrogen and oxygen atoms in total. The molecule has 1 aliphatic carbocycles. The number of amides is 1. The van der Waals surface area contributed by atoms with Crippen LogP contribution in [-0.4, -0.2) is 18.5 Å². The van der Waals surface area contributed by atoms with Gasteiger partial charge < -0.3 is 10.6 Å². The van der Waals surface area contributed by atoms with Crippen molar-refractivity contribution in [2.45, 2.75) is 31.7 Å². The van der Waals surface area contributed by atoms with Crippen LogP contribution in [0.3, 0.4) is 0 Å². The fourth-order valence-electron chi connectivity index (χ4n) is 2.16. The third-order valence-corrected chi connectivity index (χ3v) is 3.78. The minimum atomic E-state index is -0.322. The highest BCUT2D eigenvalue weighted by molar-refractivity contribution is 9.10. The normalized spacial score (nSPS) is 15.7. The van der Waals surface area contributed by atoms with E-state index in [1.54, 1.807) is 6.07 Å². The zero-order valence-corrected chi connectivity index (χ0v) is 11.6. The number of benzene rings is 1. The van der Waals surface area contributed by atoms with Gasteiger partial charge in [0, 0.05) is 10.5 Å². The Morgan fingerprint density at radius 1 is 1.39 bits per heavy atom. The molecule has 0 spiro atoms. The molecule has 0 unspecified atom stereocenters. The summed E-state index contributed by atoms with van der Waals surface area (Å²) in [5.74, 6) is -0.366. The minimum Gasteiger partial charge on any atom is -0.375 e. The molecule has 0 atom stereocenters. The van der Waals surface area contributed by atoms with E-state index in [4.69, 9.17) is 0 Å². The van der Waals surface area contributed by atoms with Crippen LogP contribution in [-0.2, 0) is 4.79 Å². The van der Waals surface area contributed by atoms with Gasteiger partial charge in [-0.2, -0.15) is 0 Å². The van der Waals surface area contributed by atoms with Gasteiger partial charge in [-0.05, 0) is 47.0 Å². The molecule has 18 heavy (non-hydrogen) atoms. The van der Waals surface area contributed by atoms with E-state index in [-0.39, 0.29) is 18.3 Å². The van der Waals surface area contributed by atoms with Crippen molar-refractivity contribution < 1.29 is 9.18 Å². The van der Waals surface area contributed by atoms with Crippen LogP contribution in [0.4, 0.5) is 10.1 Å². The van der Waals surface area contributed by atoms with E-state index in [9.17, 15) is 9.18 Å². The van der Waals surface area contributed by atoms with Crippen LogP contribution in [0.5, 0.6) is 0 Å². The highest BCUT2D eigenvalue weighted by atomic mass is 79.9. The quantitative estimate of drug-likeness (QED) is 0.896. The van der Waals surface area contributed by atoms with Crippen molar-refractivity contribution >= 4 is 27.5 Å². The van der Waals surface area contributed by atoms with E-state index in [1.165, 1.54) is 25.0 Å². The molecule has 2 rings (SSSR count). The summed E-state index contributed by atoms with van der Waals surface area (Å²) < 4.78 is 13.8. The zero-order chi connectivity index (χ0) is 13.0. The van der Waals surface area contributed by atoms with Gasteiger partial charge in [-0.3, -0.25) is 4.79 Å². The number of hydrogen-bond acceptors (Lipinski definition) is 2. The Morgan fingerprint density at radius 3 is 2.83 bits per heavy atom. The van der Waals surface area contributed by atoms with E-state index in [0.717, 1.165) is 17.3 Å². The molecule has 0 bridgehead atoms. The van der Waals surface area contributed by atoms with Gasteiger partial charge in [-0.1, -0.05) is 12.8 Å². The topological polar surface area (TPSA) is 41.1 Å². The molecule has 1 aliphatic rings. The van der Waals surface area contributed by atoms with E-state index < -0.39 is 0 Å². The highest BCUT2D eigenvalue weighted by Crippen LogP contribution is 2.22. The van der Waals surface area contributed by atoms with Gasteiger partial charge in [-0.25, -0.2) is 4.39 Å². The summed E-state index contributed by atoms with van der Waals surface area (Å²) in [5, 5.41) is 5.90. The Balaban J connectivity index is 1.83. The Kier molecular flexibility index (Phi) is 4.58. The lowest BCUT2D eigenvalue weighted by Crippen LogP contribution is -2.36. The lowest BCUT2D eigenvalue weighted by molar-refractivity contribution is -0.120. The van der Waals surface area contributed by atoms with Gasteiger partial charge in [-0.15, -0.1) is 0 Å². The molecule has 5 heteroatoms. The first kappa shape index (κ1) is 13.3. The molecule has 0 aromatic heterocycles. The molecule has 2 N–H and O–H groups in total. The van der Waals surface area contributed by atoms with Gasteiger partial charge in [0.05, 0.1) is 12.2 Å². The third-order valence-electron chi connectivity index (χ3n) is 3.09. The second-order valence-electron chi connectivity index (χ2n) is 4.53. The van der Waals surface area contributed by atoms with Crippen molar-refractivity contribution in [3.63, 3.8) is 0 Å². The van der Waals surface area contributed by atoms with Crippen LogP contribution in [0.25, 0.3) is 0 Å². The number of rotatable bonds is 4. The van der Waals surface area contributed by atoms with Crippen LogP contribution < -0.4 is 10.6 Å². The zero-order valence-electron chi connectivity index (χ0n) is 10.0. The van der Waals surface area contributed by atoms with Gasteiger partial charge in [0.15, 0.2) is 0 Å². The first-order chi connectivity index (χ1) is 8.65. The van der Waals surface area contributed by atoms with Crippen LogP contribution >= 0.6 is 15.9 Å². The predicted octanol–water partition coefficient (Wildman–Crippen LogP) is 3.06. The minimum absolute atomic E-state index is 0.0435. The maximum atomic E-state index is 13.0. The van der Waals surface area contributed by atoms with Crippen molar-refractivity contribution in [3.8, 4) is 0 Å². The second kappa shape index (κ2) is 6.18. The van der Waals surface area contributed by atoms with Crippen molar-refractivity contribution in [2.24, 2.45) is 0 Å². The number of anilines is 1. The Morgan fingerprint density at radius 2 is 2.11 bits per heavy atom. The molecular formula is C13H16BrFN2O. The molecule has 1 saturated carbocycles. The standard InChI is InChI=1S/C13H16BrFN2O/c14-11-6-5-9(15)7-12(11)16-8-13(18)17-10-3-1-2-4-10/h5-7,10,16H,1-4,8H2,(H,17,18). The molecular weight excluding hydrogens is 299 g/mol. The van der Waals surface area contributed by atoms with Gasteiger partial charge in [0.25, 0.3) is 0 Å². The summed E-state index contributed by atoms with van der Waals surface area (Å²) in [7, 11) is 0. The smallest absolute Gasteiger partial charge is 0.239 e. The number of halogens is 2. The maximum absolute atomic E-state index is 13.0. The van der Waals surface area contributed by atoms with E-state index in [1.807, 2.05) is 0 Å². The fourth-order valence-corrected chi connectivity index (χ4v) is 2.54. The molecule has 0 radical (unpaired) electrons. The Bertz CT molecular complexity index is 433. The summed E-state index contributed by atoms with van der Waals surface area (Å²) in [6.45, 7) is 0.165. The van der Waals surface area contributed by atoms with E-state index >= 15 is 0 Å². The van der Waals surface area contributed by atoms with Crippen molar-refractivity contribution in [1.82, 2.24) is 5.32 Å². The lowest BCUT2D eigenvalue weighted by atomic mass is 10.2. The van der Waals surface area contributed by atoms with E-state index in [2.05, 4.69) is 26.6 Å². The molecule has 98 valence electrons. The first-order valence-electron chi connectivity index (χ1n) is 6.13. The average molecular weight is 315 g/mol.